The number of carbonyl (C=O) groups is 1. The van der Waals surface area contributed by atoms with Crippen molar-refractivity contribution in [3.8, 4) is 0 Å². The summed E-state index contributed by atoms with van der Waals surface area (Å²) in [6, 6.07) is 0. The average molecular weight is 727 g/mol. The van der Waals surface area contributed by atoms with Gasteiger partial charge < -0.3 is 5.11 Å². The van der Waals surface area contributed by atoms with Gasteiger partial charge in [-0.1, -0.05) is 11.6 Å². The molecule has 2 unspecified atom stereocenters. The van der Waals surface area contributed by atoms with Crippen molar-refractivity contribution in [2.75, 3.05) is 0 Å². The third kappa shape index (κ3) is 7.63. The topological polar surface area (TPSA) is 74.2 Å². The van der Waals surface area contributed by atoms with Crippen LogP contribution in [-0.4, -0.2) is 83.3 Å². The van der Waals surface area contributed by atoms with Crippen LogP contribution in [-0.2, 0) is 23.7 Å². The second kappa shape index (κ2) is 11.1. The first-order valence-electron chi connectivity index (χ1n) is 8.70. The largest absolute Gasteiger partial charge is 0.475 e. The van der Waals surface area contributed by atoms with Gasteiger partial charge in [-0.3, -0.25) is 4.74 Å². The van der Waals surface area contributed by atoms with Crippen LogP contribution in [0.2, 0.25) is 0 Å². The number of carboxylic acid groups (broad SMARTS) is 1. The van der Waals surface area contributed by atoms with Crippen LogP contribution in [0.5, 0.6) is 0 Å². The summed E-state index contributed by atoms with van der Waals surface area (Å²) in [5, 5.41) is 0.899. The zero-order valence-electron chi connectivity index (χ0n) is 18.1. The van der Waals surface area contributed by atoms with Crippen molar-refractivity contribution < 1.29 is 130 Å². The minimum atomic E-state index is -8.38. The summed E-state index contributed by atoms with van der Waals surface area (Å²) in [5.41, 5.74) is 0. The van der Waals surface area contributed by atoms with Crippen LogP contribution < -0.4 is 0 Å². The maximum atomic E-state index is 13.4. The van der Waals surface area contributed by atoms with E-state index in [-0.39, 0.29) is 0 Å². The lowest BCUT2D eigenvalue weighted by Crippen LogP contribution is -2.65. The van der Waals surface area contributed by atoms with Crippen LogP contribution in [0.3, 0.4) is 0 Å². The van der Waals surface area contributed by atoms with Gasteiger partial charge in [0.1, 0.15) is 0 Å². The van der Waals surface area contributed by atoms with E-state index in [0.717, 1.165) is 4.74 Å². The van der Waals surface area contributed by atoms with Gasteiger partial charge in [0.15, 0.2) is 0 Å². The molecule has 0 aliphatic heterocycles. The lowest BCUT2D eigenvalue weighted by molar-refractivity contribution is -0.545. The highest BCUT2D eigenvalue weighted by atomic mass is 35.5. The molecule has 6 nitrogen and oxygen atoms in total. The van der Waals surface area contributed by atoms with E-state index in [4.69, 9.17) is 5.11 Å². The Morgan fingerprint density at radius 3 is 1.19 bits per heavy atom. The van der Waals surface area contributed by atoms with E-state index in [9.17, 15) is 106 Å². The minimum Gasteiger partial charge on any atom is -0.475 e. The summed E-state index contributed by atoms with van der Waals surface area (Å²) in [7, 11) is 0. The van der Waals surface area contributed by atoms with Gasteiger partial charge in [0.2, 0.25) is 0 Å². The highest BCUT2D eigenvalue weighted by molar-refractivity contribution is 6.24. The van der Waals surface area contributed by atoms with E-state index in [1.54, 1.807) is 0 Å². The number of hydrogen-bond acceptors (Lipinski definition) is 5. The lowest BCUT2D eigenvalue weighted by atomic mass is 10.2. The third-order valence-corrected chi connectivity index (χ3v) is 4.16. The van der Waals surface area contributed by atoms with Gasteiger partial charge in [0.05, 0.1) is 0 Å². The summed E-state index contributed by atoms with van der Waals surface area (Å²) in [6.07, 6.45) is -66.9. The van der Waals surface area contributed by atoms with Gasteiger partial charge in [-0.25, -0.2) is 27.8 Å². The fourth-order valence-corrected chi connectivity index (χ4v) is 1.65. The van der Waals surface area contributed by atoms with Crippen LogP contribution in [0.4, 0.5) is 101 Å². The highest BCUT2D eigenvalue weighted by Crippen LogP contribution is 2.56. The Morgan fingerprint density at radius 2 is 0.860 bits per heavy atom. The highest BCUT2D eigenvalue weighted by Gasteiger charge is 2.84. The molecule has 0 radical (unpaired) electrons. The van der Waals surface area contributed by atoms with Gasteiger partial charge in [-0.2, -0.15) is 92.2 Å². The van der Waals surface area contributed by atoms with Crippen molar-refractivity contribution in [3.63, 3.8) is 0 Å². The van der Waals surface area contributed by atoms with E-state index < -0.39 is 78.2 Å². The Morgan fingerprint density at radius 1 is 0.535 bits per heavy atom. The predicted molar refractivity (Wildman–Crippen MR) is 77.1 cm³/mol. The molecule has 0 rings (SSSR count). The van der Waals surface area contributed by atoms with Crippen molar-refractivity contribution in [2.24, 2.45) is 0 Å². The van der Waals surface area contributed by atoms with E-state index in [1.165, 1.54) is 14.2 Å². The van der Waals surface area contributed by atoms with Gasteiger partial charge in [0.25, 0.3) is 6.36 Å². The third-order valence-electron chi connectivity index (χ3n) is 3.73. The molecular weight excluding hydrogens is 725 g/mol. The Labute approximate surface area is 221 Å². The molecule has 0 aromatic rings. The molecule has 0 bridgehead atoms. The zero-order valence-corrected chi connectivity index (χ0v) is 18.9. The molecule has 0 fully saturated rings. The summed E-state index contributed by atoms with van der Waals surface area (Å²) in [6.45, 7) is 0. The number of halogens is 24. The molecule has 0 aromatic heterocycles. The zero-order chi connectivity index (χ0) is 35.5. The molecule has 0 saturated carbocycles. The molecule has 0 saturated heterocycles. The fraction of sp³-hybridized carbons (Fsp3) is 0.923. The van der Waals surface area contributed by atoms with E-state index in [1.807, 2.05) is 0 Å². The van der Waals surface area contributed by atoms with Crippen LogP contribution >= 0.6 is 11.6 Å². The van der Waals surface area contributed by atoms with Crippen molar-refractivity contribution in [1.29, 1.82) is 0 Å². The molecule has 0 aliphatic rings. The first kappa shape index (κ1) is 41.0. The monoisotopic (exact) mass is 726 g/mol. The smallest absolute Gasteiger partial charge is 0.460 e. The molecule has 0 heterocycles. The number of alkyl halides is 24. The van der Waals surface area contributed by atoms with Gasteiger partial charge in [-0.15, -0.1) is 0 Å². The predicted octanol–water partition coefficient (Wildman–Crippen LogP) is 7.32. The number of aliphatic carboxylic acids is 1. The average Bonchev–Trinajstić information content (AvgIpc) is 2.69. The molecule has 30 heteroatoms. The van der Waals surface area contributed by atoms with Crippen molar-refractivity contribution >= 4 is 17.6 Å². The fourth-order valence-electron chi connectivity index (χ4n) is 1.62. The molecule has 0 amide bonds. The van der Waals surface area contributed by atoms with Crippen LogP contribution in [0, 0.1) is 0 Å². The van der Waals surface area contributed by atoms with E-state index in [2.05, 4.69) is 11.6 Å². The van der Waals surface area contributed by atoms with Crippen LogP contribution in [0.25, 0.3) is 0 Å². The second-order valence-corrected chi connectivity index (χ2v) is 7.45. The Bertz CT molecular complexity index is 1010. The van der Waals surface area contributed by atoms with Gasteiger partial charge in [-0.05, 0) is 0 Å². The first-order valence-corrected chi connectivity index (χ1v) is 9.07. The minimum absolute atomic E-state index is 1.10. The molecule has 258 valence electrons. The summed E-state index contributed by atoms with van der Waals surface area (Å²) < 4.78 is 305. The lowest BCUT2D eigenvalue weighted by Gasteiger charge is -2.38. The van der Waals surface area contributed by atoms with Crippen LogP contribution in [0.1, 0.15) is 0 Å². The summed E-state index contributed by atoms with van der Waals surface area (Å²) in [4.78, 5) is 9.88. The van der Waals surface area contributed by atoms with Crippen molar-refractivity contribution in [2.45, 2.75) is 72.3 Å². The number of hydrogen-bond donors (Lipinski definition) is 1. The van der Waals surface area contributed by atoms with Gasteiger partial charge >= 0.3 is 71.9 Å². The Kier molecular flexibility index (Phi) is 10.6. The van der Waals surface area contributed by atoms with Gasteiger partial charge in [0, 0.05) is 0 Å². The summed E-state index contributed by atoms with van der Waals surface area (Å²) in [5.74, 6) is -20.6. The molecule has 0 aromatic carbocycles. The number of rotatable bonds is 15. The molecule has 0 spiro atoms. The molecule has 43 heavy (non-hydrogen) atoms. The maximum Gasteiger partial charge on any atom is 0.460 e. The molecule has 0 aliphatic carbocycles. The normalized spacial score (nSPS) is 18.0. The van der Waals surface area contributed by atoms with Crippen molar-refractivity contribution in [3.05, 3.63) is 0 Å². The SMILES string of the molecule is O=C(O)C(F)(F)OC(F)(F)C(F)(F)C(F)(F)OC(F)(F)C(F)(F)C(F)(F)OC(F)C(F)(F)OC(F)(F)C(F)(Cl)C(F)(F)F. The number of ether oxygens (including phenoxy) is 4. The molecule has 2 atom stereocenters. The standard InChI is InChI=1S/C13H2ClF23O6/c14-5(20,8(25,26)27)9(28,29)41-3(16,17)1(15)40-10(30,31)6(21,22)12(34,35)43-13(36,37)7(23,24)11(32,33)42-4(18,19)2(38)39/h1H,(H,38,39). The van der Waals surface area contributed by atoms with E-state index >= 15 is 0 Å². The first-order chi connectivity index (χ1) is 18.2. The Hall–Kier alpha value is -2.01. The Balaban J connectivity index is 6.29. The van der Waals surface area contributed by atoms with Crippen LogP contribution in [0.15, 0.2) is 0 Å². The maximum absolute atomic E-state index is 13.4. The number of carboxylic acids is 1. The molecular formula is C13H2ClF23O6. The quantitative estimate of drug-likeness (QED) is 0.141. The molecule has 1 N–H and O–H groups in total. The van der Waals surface area contributed by atoms with Crippen molar-refractivity contribution in [1.82, 2.24) is 0 Å². The van der Waals surface area contributed by atoms with E-state index in [0.29, 0.717) is 0 Å². The second-order valence-electron chi connectivity index (χ2n) is 6.93. The summed E-state index contributed by atoms with van der Waals surface area (Å²) >= 11 is 3.55.